The Labute approximate surface area is 104 Å². The standard InChI is InChI=1S/C13H13NO2S/c1-9-11(3-6-16-9)13(15)14-5-2-12-10(8-14)4-7-17-12/h3-4,6-7H,2,5,8H2,1H3. The Balaban J connectivity index is 1.84. The smallest absolute Gasteiger partial charge is 0.257 e. The van der Waals surface area contributed by atoms with Gasteiger partial charge >= 0.3 is 0 Å². The summed E-state index contributed by atoms with van der Waals surface area (Å²) in [6.07, 6.45) is 2.54. The number of thiophene rings is 1. The van der Waals surface area contributed by atoms with Crippen molar-refractivity contribution < 1.29 is 9.21 Å². The van der Waals surface area contributed by atoms with Crippen LogP contribution in [0, 0.1) is 6.92 Å². The maximum absolute atomic E-state index is 12.3. The zero-order chi connectivity index (χ0) is 11.8. The summed E-state index contributed by atoms with van der Waals surface area (Å²) in [6.45, 7) is 3.35. The number of fused-ring (bicyclic) bond motifs is 1. The lowest BCUT2D eigenvalue weighted by Crippen LogP contribution is -2.35. The highest BCUT2D eigenvalue weighted by atomic mass is 32.1. The molecule has 3 nitrogen and oxygen atoms in total. The van der Waals surface area contributed by atoms with Crippen LogP contribution in [0.15, 0.2) is 28.2 Å². The predicted molar refractivity (Wildman–Crippen MR) is 66.2 cm³/mol. The monoisotopic (exact) mass is 247 g/mol. The summed E-state index contributed by atoms with van der Waals surface area (Å²) in [4.78, 5) is 15.6. The Kier molecular flexibility index (Phi) is 2.52. The minimum absolute atomic E-state index is 0.0769. The van der Waals surface area contributed by atoms with Crippen LogP contribution in [0.25, 0.3) is 0 Å². The van der Waals surface area contributed by atoms with E-state index in [1.165, 1.54) is 10.4 Å². The molecule has 2 aromatic heterocycles. The van der Waals surface area contributed by atoms with Gasteiger partial charge in [0.1, 0.15) is 5.76 Å². The normalized spacial score (nSPS) is 14.8. The first-order valence-electron chi connectivity index (χ1n) is 5.64. The van der Waals surface area contributed by atoms with Crippen LogP contribution in [0.2, 0.25) is 0 Å². The SMILES string of the molecule is Cc1occc1C(=O)N1CCc2sccc2C1. The maximum Gasteiger partial charge on any atom is 0.257 e. The summed E-state index contributed by atoms with van der Waals surface area (Å²) in [5.74, 6) is 0.777. The zero-order valence-corrected chi connectivity index (χ0v) is 10.4. The number of hydrogen-bond acceptors (Lipinski definition) is 3. The molecule has 0 unspecified atom stereocenters. The number of amides is 1. The quantitative estimate of drug-likeness (QED) is 0.776. The maximum atomic E-state index is 12.3. The predicted octanol–water partition coefficient (Wildman–Crippen LogP) is 2.85. The molecule has 0 saturated carbocycles. The summed E-state index contributed by atoms with van der Waals surface area (Å²) in [5.41, 5.74) is 1.97. The van der Waals surface area contributed by atoms with E-state index < -0.39 is 0 Å². The fourth-order valence-corrected chi connectivity index (χ4v) is 3.09. The van der Waals surface area contributed by atoms with Crippen molar-refractivity contribution in [3.05, 3.63) is 45.5 Å². The van der Waals surface area contributed by atoms with Gasteiger partial charge in [-0.1, -0.05) is 0 Å². The van der Waals surface area contributed by atoms with Crippen molar-refractivity contribution in [2.75, 3.05) is 6.54 Å². The molecule has 2 aromatic rings. The molecule has 0 aromatic carbocycles. The van der Waals surface area contributed by atoms with E-state index in [0.717, 1.165) is 19.5 Å². The first-order chi connectivity index (χ1) is 8.25. The Morgan fingerprint density at radius 1 is 1.47 bits per heavy atom. The van der Waals surface area contributed by atoms with Gasteiger partial charge in [0.25, 0.3) is 5.91 Å². The molecule has 1 aliphatic rings. The van der Waals surface area contributed by atoms with Crippen molar-refractivity contribution in [3.8, 4) is 0 Å². The molecular formula is C13H13NO2S. The van der Waals surface area contributed by atoms with Gasteiger partial charge in [-0.05, 0) is 36.4 Å². The van der Waals surface area contributed by atoms with Crippen molar-refractivity contribution in [2.45, 2.75) is 19.9 Å². The highest BCUT2D eigenvalue weighted by molar-refractivity contribution is 7.10. The molecule has 3 heterocycles. The van der Waals surface area contributed by atoms with E-state index in [1.54, 1.807) is 23.7 Å². The van der Waals surface area contributed by atoms with Crippen LogP contribution >= 0.6 is 11.3 Å². The van der Waals surface area contributed by atoms with Crippen molar-refractivity contribution in [2.24, 2.45) is 0 Å². The van der Waals surface area contributed by atoms with Crippen LogP contribution in [0.5, 0.6) is 0 Å². The van der Waals surface area contributed by atoms with Crippen LogP contribution in [-0.4, -0.2) is 17.4 Å². The molecule has 3 rings (SSSR count). The van der Waals surface area contributed by atoms with Crippen LogP contribution in [0.4, 0.5) is 0 Å². The average Bonchev–Trinajstić information content (AvgIpc) is 2.95. The van der Waals surface area contributed by atoms with Crippen molar-refractivity contribution in [3.63, 3.8) is 0 Å². The molecule has 0 saturated heterocycles. The number of aryl methyl sites for hydroxylation is 1. The second kappa shape index (κ2) is 4.04. The van der Waals surface area contributed by atoms with Crippen LogP contribution in [0.1, 0.15) is 26.6 Å². The fraction of sp³-hybridized carbons (Fsp3) is 0.308. The Hall–Kier alpha value is -1.55. The first-order valence-corrected chi connectivity index (χ1v) is 6.52. The average molecular weight is 247 g/mol. The molecular weight excluding hydrogens is 234 g/mol. The van der Waals surface area contributed by atoms with Gasteiger partial charge in [-0.2, -0.15) is 0 Å². The van der Waals surface area contributed by atoms with E-state index in [0.29, 0.717) is 11.3 Å². The van der Waals surface area contributed by atoms with Gasteiger partial charge in [0.15, 0.2) is 0 Å². The third-order valence-electron chi connectivity index (χ3n) is 3.18. The molecule has 0 N–H and O–H groups in total. The molecule has 88 valence electrons. The Morgan fingerprint density at radius 3 is 3.12 bits per heavy atom. The van der Waals surface area contributed by atoms with Gasteiger partial charge in [0.2, 0.25) is 0 Å². The summed E-state index contributed by atoms with van der Waals surface area (Å²) < 4.78 is 5.19. The third-order valence-corrected chi connectivity index (χ3v) is 4.21. The van der Waals surface area contributed by atoms with E-state index in [9.17, 15) is 4.79 Å². The van der Waals surface area contributed by atoms with E-state index in [-0.39, 0.29) is 5.91 Å². The summed E-state index contributed by atoms with van der Waals surface area (Å²) >= 11 is 1.78. The summed E-state index contributed by atoms with van der Waals surface area (Å²) in [7, 11) is 0. The van der Waals surface area contributed by atoms with Gasteiger partial charge in [-0.15, -0.1) is 11.3 Å². The van der Waals surface area contributed by atoms with Gasteiger partial charge in [0, 0.05) is 18.0 Å². The lowest BCUT2D eigenvalue weighted by Gasteiger charge is -2.26. The minimum Gasteiger partial charge on any atom is -0.469 e. The van der Waals surface area contributed by atoms with E-state index in [4.69, 9.17) is 4.42 Å². The molecule has 0 fully saturated rings. The Morgan fingerprint density at radius 2 is 2.35 bits per heavy atom. The first kappa shape index (κ1) is 10.6. The van der Waals surface area contributed by atoms with Crippen LogP contribution in [0.3, 0.4) is 0 Å². The number of nitrogens with zero attached hydrogens (tertiary/aromatic N) is 1. The van der Waals surface area contributed by atoms with Crippen LogP contribution < -0.4 is 0 Å². The van der Waals surface area contributed by atoms with Crippen molar-refractivity contribution in [1.29, 1.82) is 0 Å². The van der Waals surface area contributed by atoms with Gasteiger partial charge < -0.3 is 9.32 Å². The molecule has 0 bridgehead atoms. The van der Waals surface area contributed by atoms with Crippen molar-refractivity contribution >= 4 is 17.2 Å². The summed E-state index contributed by atoms with van der Waals surface area (Å²) in [5, 5.41) is 2.10. The molecule has 0 radical (unpaired) electrons. The van der Waals surface area contributed by atoms with Gasteiger partial charge in [0.05, 0.1) is 11.8 Å². The Bertz CT molecular complexity index is 555. The second-order valence-corrected chi connectivity index (χ2v) is 5.24. The molecule has 0 atom stereocenters. The topological polar surface area (TPSA) is 33.5 Å². The molecule has 4 heteroatoms. The minimum atomic E-state index is 0.0769. The number of hydrogen-bond donors (Lipinski definition) is 0. The van der Waals surface area contributed by atoms with E-state index in [1.807, 2.05) is 11.8 Å². The lowest BCUT2D eigenvalue weighted by atomic mass is 10.1. The van der Waals surface area contributed by atoms with E-state index >= 15 is 0 Å². The highest BCUT2D eigenvalue weighted by Crippen LogP contribution is 2.25. The van der Waals surface area contributed by atoms with E-state index in [2.05, 4.69) is 11.4 Å². The summed E-state index contributed by atoms with van der Waals surface area (Å²) in [6, 6.07) is 3.86. The number of furan rings is 1. The third kappa shape index (κ3) is 1.78. The fourth-order valence-electron chi connectivity index (χ4n) is 2.20. The highest BCUT2D eigenvalue weighted by Gasteiger charge is 2.24. The number of carbonyl (C=O) groups is 1. The van der Waals surface area contributed by atoms with Crippen LogP contribution in [-0.2, 0) is 13.0 Å². The van der Waals surface area contributed by atoms with Gasteiger partial charge in [-0.3, -0.25) is 4.79 Å². The lowest BCUT2D eigenvalue weighted by molar-refractivity contribution is 0.0734. The zero-order valence-electron chi connectivity index (χ0n) is 9.60. The molecule has 1 aliphatic heterocycles. The molecule has 0 spiro atoms. The van der Waals surface area contributed by atoms with Crippen molar-refractivity contribution in [1.82, 2.24) is 4.90 Å². The number of rotatable bonds is 1. The largest absolute Gasteiger partial charge is 0.469 e. The molecule has 1 amide bonds. The van der Waals surface area contributed by atoms with Gasteiger partial charge in [-0.25, -0.2) is 0 Å². The second-order valence-electron chi connectivity index (χ2n) is 4.24. The molecule has 17 heavy (non-hydrogen) atoms. The number of carbonyl (C=O) groups excluding carboxylic acids is 1. The molecule has 0 aliphatic carbocycles.